The van der Waals surface area contributed by atoms with E-state index < -0.39 is 17.6 Å². The van der Waals surface area contributed by atoms with E-state index in [1.807, 2.05) is 20.8 Å². The molecule has 1 aromatic carbocycles. The smallest absolute Gasteiger partial charge is 0.410 e. The number of fused-ring (bicyclic) bond motifs is 1. The molecule has 0 saturated carbocycles. The van der Waals surface area contributed by atoms with Gasteiger partial charge in [0.15, 0.2) is 5.69 Å². The summed E-state index contributed by atoms with van der Waals surface area (Å²) < 4.78 is 7.12. The van der Waals surface area contributed by atoms with E-state index in [-0.39, 0.29) is 18.1 Å². The number of rotatable bonds is 3. The Balaban J connectivity index is 1.79. The molecule has 0 atom stereocenters. The summed E-state index contributed by atoms with van der Waals surface area (Å²) in [6, 6.07) is 6.27. The molecule has 3 N–H and O–H groups in total. The van der Waals surface area contributed by atoms with Gasteiger partial charge in [0, 0.05) is 42.5 Å². The van der Waals surface area contributed by atoms with Gasteiger partial charge >= 0.3 is 6.09 Å². The fourth-order valence-corrected chi connectivity index (χ4v) is 3.17. The second kappa shape index (κ2) is 7.57. The number of aromatic nitrogens is 2. The molecule has 0 unspecified atom stereocenters. The maximum atomic E-state index is 12.8. The zero-order valence-corrected chi connectivity index (χ0v) is 17.0. The van der Waals surface area contributed by atoms with Crippen molar-refractivity contribution in [1.82, 2.24) is 14.7 Å². The number of primary amides is 1. The second-order valence-corrected chi connectivity index (χ2v) is 7.95. The van der Waals surface area contributed by atoms with Crippen LogP contribution in [0.2, 0.25) is 0 Å². The molecule has 0 radical (unpaired) electrons. The number of nitrogens with two attached hydrogens (primary N) is 1. The third-order valence-electron chi connectivity index (χ3n) is 4.54. The van der Waals surface area contributed by atoms with E-state index in [0.717, 1.165) is 5.69 Å². The van der Waals surface area contributed by atoms with Crippen LogP contribution in [0, 0.1) is 0 Å². The first kappa shape index (κ1) is 20.4. The molecule has 0 saturated heterocycles. The molecule has 1 aliphatic heterocycles. The minimum absolute atomic E-state index is 0.251. The number of nitrogens with one attached hydrogen (secondary N) is 1. The van der Waals surface area contributed by atoms with Gasteiger partial charge in [0.25, 0.3) is 5.91 Å². The highest BCUT2D eigenvalue weighted by Crippen LogP contribution is 2.24. The summed E-state index contributed by atoms with van der Waals surface area (Å²) in [5, 5.41) is 7.12. The van der Waals surface area contributed by atoms with Crippen LogP contribution in [0.25, 0.3) is 0 Å². The zero-order chi connectivity index (χ0) is 21.3. The molecule has 0 spiro atoms. The first-order chi connectivity index (χ1) is 13.5. The van der Waals surface area contributed by atoms with Crippen LogP contribution >= 0.6 is 0 Å². The fraction of sp³-hybridized carbons (Fsp3) is 0.400. The van der Waals surface area contributed by atoms with Crippen molar-refractivity contribution in [2.75, 3.05) is 11.9 Å². The van der Waals surface area contributed by atoms with E-state index >= 15 is 0 Å². The number of anilines is 1. The largest absolute Gasteiger partial charge is 0.444 e. The van der Waals surface area contributed by atoms with Crippen molar-refractivity contribution in [3.63, 3.8) is 0 Å². The first-order valence-electron chi connectivity index (χ1n) is 9.29. The Morgan fingerprint density at radius 3 is 2.41 bits per heavy atom. The number of carbonyl (C=O) groups is 3. The molecule has 29 heavy (non-hydrogen) atoms. The number of amides is 3. The Morgan fingerprint density at radius 2 is 1.83 bits per heavy atom. The average Bonchev–Trinajstić information content (AvgIpc) is 2.97. The monoisotopic (exact) mass is 399 g/mol. The summed E-state index contributed by atoms with van der Waals surface area (Å²) in [6.07, 6.45) is 0.166. The average molecular weight is 399 g/mol. The highest BCUT2D eigenvalue weighted by Gasteiger charge is 2.31. The van der Waals surface area contributed by atoms with Crippen molar-refractivity contribution in [1.29, 1.82) is 0 Å². The molecule has 1 aliphatic rings. The Hall–Kier alpha value is -3.36. The lowest BCUT2D eigenvalue weighted by atomic mass is 10.0. The minimum Gasteiger partial charge on any atom is -0.444 e. The van der Waals surface area contributed by atoms with Crippen molar-refractivity contribution in [2.24, 2.45) is 12.8 Å². The SMILES string of the molecule is Cn1nc(C(=O)Nc2ccc(C(N)=O)cc2)c2c1CCN(C(=O)OC(C)(C)C)C2. The van der Waals surface area contributed by atoms with Crippen molar-refractivity contribution in [3.05, 3.63) is 46.8 Å². The lowest BCUT2D eigenvalue weighted by Crippen LogP contribution is -2.40. The molecule has 3 amide bonds. The molecule has 2 aromatic rings. The van der Waals surface area contributed by atoms with Gasteiger partial charge in [0.2, 0.25) is 5.91 Å². The molecule has 154 valence electrons. The fourth-order valence-electron chi connectivity index (χ4n) is 3.17. The molecule has 0 bridgehead atoms. The second-order valence-electron chi connectivity index (χ2n) is 7.95. The molecule has 9 heteroatoms. The van der Waals surface area contributed by atoms with E-state index in [9.17, 15) is 14.4 Å². The molecular formula is C20H25N5O4. The van der Waals surface area contributed by atoms with Crippen molar-refractivity contribution < 1.29 is 19.1 Å². The molecule has 2 heterocycles. The topological polar surface area (TPSA) is 120 Å². The van der Waals surface area contributed by atoms with Crippen LogP contribution in [0.5, 0.6) is 0 Å². The van der Waals surface area contributed by atoms with E-state index in [0.29, 0.717) is 29.8 Å². The van der Waals surface area contributed by atoms with E-state index in [1.165, 1.54) is 12.1 Å². The molecular weight excluding hydrogens is 374 g/mol. The highest BCUT2D eigenvalue weighted by atomic mass is 16.6. The lowest BCUT2D eigenvalue weighted by Gasteiger charge is -2.30. The number of hydrogen-bond acceptors (Lipinski definition) is 5. The van der Waals surface area contributed by atoms with Gasteiger partial charge in [-0.1, -0.05) is 0 Å². The van der Waals surface area contributed by atoms with Gasteiger partial charge < -0.3 is 20.7 Å². The summed E-state index contributed by atoms with van der Waals surface area (Å²) in [7, 11) is 1.78. The van der Waals surface area contributed by atoms with Gasteiger partial charge in [-0.3, -0.25) is 14.3 Å². The number of benzene rings is 1. The number of carbonyl (C=O) groups excluding carboxylic acids is 3. The zero-order valence-electron chi connectivity index (χ0n) is 17.0. The highest BCUT2D eigenvalue weighted by molar-refractivity contribution is 6.04. The Labute approximate surface area is 168 Å². The maximum absolute atomic E-state index is 12.8. The normalized spacial score (nSPS) is 13.6. The van der Waals surface area contributed by atoms with Crippen LogP contribution in [-0.4, -0.2) is 44.7 Å². The Bertz CT molecular complexity index is 956. The predicted octanol–water partition coefficient (Wildman–Crippen LogP) is 2.06. The van der Waals surface area contributed by atoms with Crippen LogP contribution in [0.4, 0.5) is 10.5 Å². The number of hydrogen-bond donors (Lipinski definition) is 2. The predicted molar refractivity (Wildman–Crippen MR) is 106 cm³/mol. The number of nitrogens with zero attached hydrogens (tertiary/aromatic N) is 3. The molecule has 0 fully saturated rings. The Kier molecular flexibility index (Phi) is 5.32. The van der Waals surface area contributed by atoms with Crippen molar-refractivity contribution >= 4 is 23.6 Å². The number of ether oxygens (including phenoxy) is 1. The molecule has 0 aliphatic carbocycles. The van der Waals surface area contributed by atoms with Crippen LogP contribution in [-0.2, 0) is 24.8 Å². The lowest BCUT2D eigenvalue weighted by molar-refractivity contribution is 0.0221. The minimum atomic E-state index is -0.594. The van der Waals surface area contributed by atoms with E-state index in [4.69, 9.17) is 10.5 Å². The quantitative estimate of drug-likeness (QED) is 0.819. The standard InChI is InChI=1S/C20H25N5O4/c1-20(2,3)29-19(28)25-10-9-15-14(11-25)16(23-24(15)4)18(27)22-13-7-5-12(6-8-13)17(21)26/h5-8H,9-11H2,1-4H3,(H2,21,26)(H,22,27). The van der Waals surface area contributed by atoms with Crippen LogP contribution in [0.15, 0.2) is 24.3 Å². The third kappa shape index (κ3) is 4.56. The summed E-state index contributed by atoms with van der Waals surface area (Å²) in [5.41, 5.74) is 7.38. The van der Waals surface area contributed by atoms with Gasteiger partial charge in [-0.2, -0.15) is 5.10 Å². The van der Waals surface area contributed by atoms with Gasteiger partial charge in [0.05, 0.1) is 6.54 Å². The van der Waals surface area contributed by atoms with Crippen molar-refractivity contribution in [3.8, 4) is 0 Å². The van der Waals surface area contributed by atoms with Gasteiger partial charge in [-0.25, -0.2) is 4.79 Å². The van der Waals surface area contributed by atoms with Crippen molar-refractivity contribution in [2.45, 2.75) is 39.3 Å². The summed E-state index contributed by atoms with van der Waals surface area (Å²) in [5.74, 6) is -0.927. The molecule has 9 nitrogen and oxygen atoms in total. The van der Waals surface area contributed by atoms with Crippen LogP contribution in [0.1, 0.15) is 52.9 Å². The first-order valence-corrected chi connectivity index (χ1v) is 9.29. The van der Waals surface area contributed by atoms with E-state index in [1.54, 1.807) is 28.8 Å². The Morgan fingerprint density at radius 1 is 1.17 bits per heavy atom. The maximum Gasteiger partial charge on any atom is 0.410 e. The van der Waals surface area contributed by atoms with Gasteiger partial charge in [0.1, 0.15) is 5.60 Å². The van der Waals surface area contributed by atoms with Crippen LogP contribution < -0.4 is 11.1 Å². The van der Waals surface area contributed by atoms with Crippen LogP contribution in [0.3, 0.4) is 0 Å². The third-order valence-corrected chi connectivity index (χ3v) is 4.54. The number of aryl methyl sites for hydroxylation is 1. The molecule has 3 rings (SSSR count). The van der Waals surface area contributed by atoms with Gasteiger partial charge in [-0.15, -0.1) is 0 Å². The molecule has 1 aromatic heterocycles. The summed E-state index contributed by atoms with van der Waals surface area (Å²) >= 11 is 0. The van der Waals surface area contributed by atoms with Gasteiger partial charge in [-0.05, 0) is 45.0 Å². The van der Waals surface area contributed by atoms with E-state index in [2.05, 4.69) is 10.4 Å². The summed E-state index contributed by atoms with van der Waals surface area (Å²) in [4.78, 5) is 38.0. The summed E-state index contributed by atoms with van der Waals surface area (Å²) in [6.45, 7) is 6.19.